The standard InChI is InChI=1S/C26H26.2C3H6.2C2H6/c1-5-9-15-21(8-4)26(20(7-3)14-6-2)24-18-12-10-16-22(24)23-17-11-13-19-25(23)26;2*1-3-2;2*1-2/h6-19H,2-3,5H2,1,4H3;2*3H,1H2,2H3;2*1-2H3/b15-9-,20-14+,21-8+;;;;. The minimum atomic E-state index is -0.358. The summed E-state index contributed by atoms with van der Waals surface area (Å²) in [4.78, 5) is 0. The molecule has 0 N–H and O–H groups in total. The number of rotatable bonds is 6. The zero-order chi connectivity index (χ0) is 28.0. The quantitative estimate of drug-likeness (QED) is 0.283. The summed E-state index contributed by atoms with van der Waals surface area (Å²) in [6.07, 6.45) is 17.2. The number of fused-ring (bicyclic) bond motifs is 3. The zero-order valence-electron chi connectivity index (χ0n) is 24.3. The minimum Gasteiger partial charge on any atom is -0.103 e. The molecular weight excluding hydrogens is 432 g/mol. The molecule has 0 nitrogen and oxygen atoms in total. The van der Waals surface area contributed by atoms with Crippen LogP contribution in [-0.2, 0) is 5.41 Å². The molecule has 0 atom stereocenters. The first-order valence-corrected chi connectivity index (χ1v) is 13.2. The van der Waals surface area contributed by atoms with E-state index >= 15 is 0 Å². The molecule has 0 spiro atoms. The average Bonchev–Trinajstić information content (AvgIpc) is 3.22. The fourth-order valence-corrected chi connectivity index (χ4v) is 4.18. The number of hydrogen-bond acceptors (Lipinski definition) is 0. The summed E-state index contributed by atoms with van der Waals surface area (Å²) in [5.41, 5.74) is 7.27. The highest BCUT2D eigenvalue weighted by Crippen LogP contribution is 2.56. The first-order chi connectivity index (χ1) is 17.6. The monoisotopic (exact) mass is 482 g/mol. The summed E-state index contributed by atoms with van der Waals surface area (Å²) in [5.74, 6) is 0. The van der Waals surface area contributed by atoms with E-state index in [1.807, 2.05) is 53.7 Å². The van der Waals surface area contributed by atoms with Crippen molar-refractivity contribution in [2.75, 3.05) is 0 Å². The van der Waals surface area contributed by atoms with Crippen molar-refractivity contribution in [1.29, 1.82) is 0 Å². The number of allylic oxidation sites excluding steroid dienone is 10. The second-order valence-corrected chi connectivity index (χ2v) is 7.27. The van der Waals surface area contributed by atoms with Crippen LogP contribution in [0.2, 0.25) is 0 Å². The Morgan fingerprint density at radius 2 is 1.14 bits per heavy atom. The van der Waals surface area contributed by atoms with Crippen LogP contribution in [0.15, 0.2) is 135 Å². The first kappa shape index (κ1) is 34.8. The lowest BCUT2D eigenvalue weighted by Gasteiger charge is -2.35. The van der Waals surface area contributed by atoms with Crippen LogP contribution in [0.25, 0.3) is 11.1 Å². The van der Waals surface area contributed by atoms with Crippen molar-refractivity contribution in [3.63, 3.8) is 0 Å². The van der Waals surface area contributed by atoms with Crippen LogP contribution in [0.5, 0.6) is 0 Å². The van der Waals surface area contributed by atoms with Crippen LogP contribution in [0.4, 0.5) is 0 Å². The van der Waals surface area contributed by atoms with Gasteiger partial charge in [0.2, 0.25) is 0 Å². The predicted molar refractivity (Wildman–Crippen MR) is 169 cm³/mol. The Morgan fingerprint density at radius 1 is 0.722 bits per heavy atom. The van der Waals surface area contributed by atoms with Gasteiger partial charge in [-0.1, -0.05) is 145 Å². The van der Waals surface area contributed by atoms with Gasteiger partial charge in [0, 0.05) is 0 Å². The van der Waals surface area contributed by atoms with Gasteiger partial charge in [-0.15, -0.1) is 13.2 Å². The largest absolute Gasteiger partial charge is 0.103 e. The SMILES string of the molecule is C=C/C=C(\C=C)C1(C(/C=C\CC)=C/C)c2ccccc2-c2ccccc21.C=CC.C=CC.CC.CC. The van der Waals surface area contributed by atoms with E-state index in [1.54, 1.807) is 12.2 Å². The molecule has 0 aromatic heterocycles. The van der Waals surface area contributed by atoms with Gasteiger partial charge in [0.1, 0.15) is 0 Å². The number of hydrogen-bond donors (Lipinski definition) is 0. The molecule has 36 heavy (non-hydrogen) atoms. The summed E-state index contributed by atoms with van der Waals surface area (Å²) >= 11 is 0. The van der Waals surface area contributed by atoms with Gasteiger partial charge in [-0.05, 0) is 60.6 Å². The van der Waals surface area contributed by atoms with Crippen LogP contribution < -0.4 is 0 Å². The summed E-state index contributed by atoms with van der Waals surface area (Å²) < 4.78 is 0. The van der Waals surface area contributed by atoms with E-state index in [0.29, 0.717) is 0 Å². The topological polar surface area (TPSA) is 0 Å². The predicted octanol–water partition coefficient (Wildman–Crippen LogP) is 11.6. The zero-order valence-corrected chi connectivity index (χ0v) is 24.3. The molecule has 0 amide bonds. The molecular formula is C36H50. The van der Waals surface area contributed by atoms with Gasteiger partial charge in [-0.25, -0.2) is 0 Å². The van der Waals surface area contributed by atoms with Gasteiger partial charge in [-0.3, -0.25) is 0 Å². The van der Waals surface area contributed by atoms with Crippen LogP contribution in [0.1, 0.15) is 72.9 Å². The summed E-state index contributed by atoms with van der Waals surface area (Å²) in [6.45, 7) is 30.9. The normalized spacial score (nSPS) is 12.3. The van der Waals surface area contributed by atoms with E-state index in [4.69, 9.17) is 0 Å². The van der Waals surface area contributed by atoms with E-state index in [-0.39, 0.29) is 5.41 Å². The van der Waals surface area contributed by atoms with E-state index < -0.39 is 0 Å². The van der Waals surface area contributed by atoms with E-state index in [2.05, 4.69) is 113 Å². The van der Waals surface area contributed by atoms with Gasteiger partial charge < -0.3 is 0 Å². The molecule has 0 saturated heterocycles. The average molecular weight is 483 g/mol. The van der Waals surface area contributed by atoms with Crippen molar-refractivity contribution in [2.24, 2.45) is 0 Å². The molecule has 0 fully saturated rings. The van der Waals surface area contributed by atoms with E-state index in [0.717, 1.165) is 12.0 Å². The minimum absolute atomic E-state index is 0.358. The third-order valence-corrected chi connectivity index (χ3v) is 5.18. The first-order valence-electron chi connectivity index (χ1n) is 13.2. The Hall–Kier alpha value is -3.38. The maximum absolute atomic E-state index is 4.14. The molecule has 0 aliphatic heterocycles. The van der Waals surface area contributed by atoms with Crippen LogP contribution in [0, 0.1) is 0 Å². The summed E-state index contributed by atoms with van der Waals surface area (Å²) in [7, 11) is 0. The molecule has 0 radical (unpaired) electrons. The molecule has 194 valence electrons. The van der Waals surface area contributed by atoms with Crippen LogP contribution >= 0.6 is 0 Å². The second-order valence-electron chi connectivity index (χ2n) is 7.27. The molecule has 2 aromatic carbocycles. The molecule has 1 aliphatic rings. The molecule has 1 aliphatic carbocycles. The van der Waals surface area contributed by atoms with Crippen LogP contribution in [-0.4, -0.2) is 0 Å². The van der Waals surface area contributed by atoms with Crippen molar-refractivity contribution in [3.8, 4) is 11.1 Å². The van der Waals surface area contributed by atoms with E-state index in [9.17, 15) is 0 Å². The van der Waals surface area contributed by atoms with Crippen molar-refractivity contribution in [3.05, 3.63) is 146 Å². The maximum atomic E-state index is 4.14. The molecule has 0 unspecified atom stereocenters. The highest BCUT2D eigenvalue weighted by Gasteiger charge is 2.46. The smallest absolute Gasteiger partial charge is 0.0710 e. The third-order valence-electron chi connectivity index (χ3n) is 5.18. The van der Waals surface area contributed by atoms with Crippen molar-refractivity contribution < 1.29 is 0 Å². The van der Waals surface area contributed by atoms with Crippen molar-refractivity contribution in [1.82, 2.24) is 0 Å². The Labute approximate surface area is 223 Å². The van der Waals surface area contributed by atoms with Crippen molar-refractivity contribution in [2.45, 2.75) is 67.2 Å². The Balaban J connectivity index is 0. The fourth-order valence-electron chi connectivity index (χ4n) is 4.18. The maximum Gasteiger partial charge on any atom is 0.0710 e. The van der Waals surface area contributed by atoms with Crippen molar-refractivity contribution >= 4 is 0 Å². The lowest BCUT2D eigenvalue weighted by atomic mass is 9.66. The summed E-state index contributed by atoms with van der Waals surface area (Å²) in [6, 6.07) is 17.4. The Kier molecular flexibility index (Phi) is 20.2. The van der Waals surface area contributed by atoms with Gasteiger partial charge in [0.05, 0.1) is 5.41 Å². The molecule has 0 bridgehead atoms. The molecule has 0 heterocycles. The lowest BCUT2D eigenvalue weighted by molar-refractivity contribution is 0.763. The third kappa shape index (κ3) is 8.09. The Morgan fingerprint density at radius 3 is 1.47 bits per heavy atom. The highest BCUT2D eigenvalue weighted by molar-refractivity contribution is 5.87. The molecule has 2 aromatic rings. The molecule has 3 rings (SSSR count). The fraction of sp³-hybridized carbons (Fsp3) is 0.278. The van der Waals surface area contributed by atoms with Crippen LogP contribution in [0.3, 0.4) is 0 Å². The van der Waals surface area contributed by atoms with Gasteiger partial charge in [-0.2, -0.15) is 0 Å². The highest BCUT2D eigenvalue weighted by atomic mass is 14.5. The second kappa shape index (κ2) is 20.9. The van der Waals surface area contributed by atoms with Gasteiger partial charge in [0.15, 0.2) is 0 Å². The lowest BCUT2D eigenvalue weighted by Crippen LogP contribution is -2.29. The molecule has 0 saturated carbocycles. The Bertz CT molecular complexity index is 956. The van der Waals surface area contributed by atoms with Gasteiger partial charge in [0.25, 0.3) is 0 Å². The van der Waals surface area contributed by atoms with E-state index in [1.165, 1.54) is 27.8 Å². The number of benzene rings is 2. The van der Waals surface area contributed by atoms with Gasteiger partial charge >= 0.3 is 0 Å². The molecule has 0 heteroatoms. The summed E-state index contributed by atoms with van der Waals surface area (Å²) in [5, 5.41) is 0.